The van der Waals surface area contributed by atoms with E-state index in [4.69, 9.17) is 14.5 Å². The fourth-order valence-corrected chi connectivity index (χ4v) is 5.86. The Balaban J connectivity index is 1.83. The van der Waals surface area contributed by atoms with Crippen molar-refractivity contribution in [2.24, 2.45) is 5.41 Å². The number of ether oxygens (including phenoxy) is 2. The van der Waals surface area contributed by atoms with Gasteiger partial charge in [-0.3, -0.25) is 14.6 Å². The summed E-state index contributed by atoms with van der Waals surface area (Å²) in [5.74, 6) is -2.26. The second-order valence-electron chi connectivity index (χ2n) is 14.5. The van der Waals surface area contributed by atoms with Crippen molar-refractivity contribution in [1.29, 1.82) is 0 Å². The number of hydrogen-bond donors (Lipinski definition) is 2. The first-order valence-electron chi connectivity index (χ1n) is 16.6. The number of anilines is 1. The van der Waals surface area contributed by atoms with Crippen LogP contribution in [0, 0.1) is 18.2 Å². The average molecular weight is 677 g/mol. The second-order valence-corrected chi connectivity index (χ2v) is 14.5. The van der Waals surface area contributed by atoms with Crippen molar-refractivity contribution >= 4 is 23.5 Å². The number of amides is 2. The first-order valence-corrected chi connectivity index (χ1v) is 16.6. The summed E-state index contributed by atoms with van der Waals surface area (Å²) in [7, 11) is 3.01. The van der Waals surface area contributed by atoms with Crippen LogP contribution in [0.25, 0.3) is 11.1 Å². The summed E-state index contributed by atoms with van der Waals surface area (Å²) < 4.78 is 25.5. The third-order valence-corrected chi connectivity index (χ3v) is 8.60. The van der Waals surface area contributed by atoms with E-state index in [2.05, 4.69) is 24.1 Å². The standard InChI is InChI=1S/C38H49FN4O6/c1-24-30(33(36(46)47)49-37(2,3)4)32(43-20-18-38(5,6)19-21-43)31(29(41-24)23-40-34(44)35(45)42(7)8)26-11-15-28(16-12-26)48-22-17-25-9-13-27(39)14-10-25/h9-16,33H,17-23H2,1-8H3,(H,40,44)(H,46,47)/t33-/m0/s1. The zero-order chi connectivity index (χ0) is 36.1. The summed E-state index contributed by atoms with van der Waals surface area (Å²) in [4.78, 5) is 46.4. The number of nitrogens with zero attached hydrogens (tertiary/aromatic N) is 3. The van der Waals surface area contributed by atoms with E-state index in [-0.39, 0.29) is 17.8 Å². The fraction of sp³-hybridized carbons (Fsp3) is 0.474. The van der Waals surface area contributed by atoms with Crippen molar-refractivity contribution in [1.82, 2.24) is 15.2 Å². The third kappa shape index (κ3) is 9.78. The summed E-state index contributed by atoms with van der Waals surface area (Å²) >= 11 is 0. The Morgan fingerprint density at radius 3 is 2.20 bits per heavy atom. The van der Waals surface area contributed by atoms with Gasteiger partial charge in [0.05, 0.1) is 30.1 Å². The summed E-state index contributed by atoms with van der Waals surface area (Å²) in [5.41, 5.74) is 3.78. The van der Waals surface area contributed by atoms with Crippen LogP contribution in [0.5, 0.6) is 5.75 Å². The minimum absolute atomic E-state index is 0.0605. The minimum atomic E-state index is -1.32. The van der Waals surface area contributed by atoms with Crippen molar-refractivity contribution in [2.45, 2.75) is 79.1 Å². The van der Waals surface area contributed by atoms with Gasteiger partial charge in [0, 0.05) is 50.4 Å². The molecule has 1 aromatic heterocycles. The van der Waals surface area contributed by atoms with Crippen LogP contribution < -0.4 is 15.0 Å². The molecule has 0 saturated carbocycles. The number of benzene rings is 2. The van der Waals surface area contributed by atoms with E-state index in [1.807, 2.05) is 45.0 Å². The number of aryl methyl sites for hydroxylation is 1. The molecule has 1 atom stereocenters. The number of piperidine rings is 1. The lowest BCUT2D eigenvalue weighted by atomic mass is 9.81. The van der Waals surface area contributed by atoms with Gasteiger partial charge < -0.3 is 29.7 Å². The molecule has 1 saturated heterocycles. The zero-order valence-corrected chi connectivity index (χ0v) is 29.9. The van der Waals surface area contributed by atoms with E-state index in [0.717, 1.165) is 24.0 Å². The number of carboxylic acid groups (broad SMARTS) is 1. The SMILES string of the molecule is Cc1nc(CNC(=O)C(=O)N(C)C)c(-c2ccc(OCCc3ccc(F)cc3)cc2)c(N2CCC(C)(C)CC2)c1[C@H](OC(C)(C)C)C(=O)O. The Bertz CT molecular complexity index is 1640. The highest BCUT2D eigenvalue weighted by Gasteiger charge is 2.37. The van der Waals surface area contributed by atoms with Gasteiger partial charge in [0.25, 0.3) is 0 Å². The van der Waals surface area contributed by atoms with Crippen LogP contribution in [-0.4, -0.2) is 72.2 Å². The lowest BCUT2D eigenvalue weighted by molar-refractivity contribution is -0.160. The normalized spacial score (nSPS) is 15.0. The number of hydrogen-bond acceptors (Lipinski definition) is 7. The van der Waals surface area contributed by atoms with Gasteiger partial charge in [-0.2, -0.15) is 0 Å². The molecule has 1 aliphatic heterocycles. The van der Waals surface area contributed by atoms with Crippen molar-refractivity contribution < 1.29 is 33.4 Å². The number of pyridine rings is 1. The van der Waals surface area contributed by atoms with E-state index in [1.54, 1.807) is 19.1 Å². The second kappa shape index (κ2) is 15.4. The van der Waals surface area contributed by atoms with E-state index < -0.39 is 29.5 Å². The first-order chi connectivity index (χ1) is 23.0. The molecule has 49 heavy (non-hydrogen) atoms. The molecule has 2 N–H and O–H groups in total. The lowest BCUT2D eigenvalue weighted by Crippen LogP contribution is -2.40. The summed E-state index contributed by atoms with van der Waals surface area (Å²) in [6.45, 7) is 13.3. The van der Waals surface area contributed by atoms with Gasteiger partial charge in [0.2, 0.25) is 0 Å². The average Bonchev–Trinajstić information content (AvgIpc) is 3.03. The molecule has 1 aliphatic rings. The van der Waals surface area contributed by atoms with E-state index in [9.17, 15) is 23.9 Å². The Kier molecular flexibility index (Phi) is 11.7. The van der Waals surface area contributed by atoms with Crippen LogP contribution in [0.2, 0.25) is 0 Å². The van der Waals surface area contributed by atoms with E-state index in [0.29, 0.717) is 60.1 Å². The van der Waals surface area contributed by atoms with Crippen molar-refractivity contribution in [3.8, 4) is 16.9 Å². The van der Waals surface area contributed by atoms with E-state index >= 15 is 0 Å². The van der Waals surface area contributed by atoms with Gasteiger partial charge in [-0.1, -0.05) is 38.1 Å². The number of carbonyl (C=O) groups is 3. The Morgan fingerprint density at radius 2 is 1.65 bits per heavy atom. The van der Waals surface area contributed by atoms with Crippen LogP contribution in [0.1, 0.15) is 76.1 Å². The minimum Gasteiger partial charge on any atom is -0.493 e. The van der Waals surface area contributed by atoms with Gasteiger partial charge in [-0.15, -0.1) is 0 Å². The highest BCUT2D eigenvalue weighted by molar-refractivity contribution is 6.34. The zero-order valence-electron chi connectivity index (χ0n) is 29.9. The van der Waals surface area contributed by atoms with Crippen molar-refractivity contribution in [2.75, 3.05) is 38.7 Å². The molecule has 264 valence electrons. The maximum atomic E-state index is 13.3. The molecule has 0 radical (unpaired) electrons. The number of aromatic nitrogens is 1. The predicted octanol–water partition coefficient (Wildman–Crippen LogP) is 6.09. The smallest absolute Gasteiger partial charge is 0.337 e. The molecule has 0 bridgehead atoms. The number of carboxylic acids is 1. The third-order valence-electron chi connectivity index (χ3n) is 8.60. The number of likely N-dealkylation sites (N-methyl/N-ethyl adjacent to an activating group) is 1. The molecule has 2 aromatic carbocycles. The molecule has 3 aromatic rings. The quantitative estimate of drug-likeness (QED) is 0.234. The lowest BCUT2D eigenvalue weighted by Gasteiger charge is -2.41. The molecule has 0 unspecified atom stereocenters. The summed E-state index contributed by atoms with van der Waals surface area (Å²) in [5, 5.41) is 13.3. The molecule has 11 heteroatoms. The van der Waals surface area contributed by atoms with Crippen molar-refractivity contribution in [3.63, 3.8) is 0 Å². The van der Waals surface area contributed by atoms with Crippen LogP contribution in [-0.2, 0) is 32.1 Å². The fourth-order valence-electron chi connectivity index (χ4n) is 5.86. The molecular weight excluding hydrogens is 627 g/mol. The number of rotatable bonds is 11. The highest BCUT2D eigenvalue weighted by Crippen LogP contribution is 2.45. The Morgan fingerprint density at radius 1 is 1.04 bits per heavy atom. The molecule has 10 nitrogen and oxygen atoms in total. The van der Waals surface area contributed by atoms with Gasteiger partial charge >= 0.3 is 17.8 Å². The van der Waals surface area contributed by atoms with Crippen LogP contribution in [0.3, 0.4) is 0 Å². The van der Waals surface area contributed by atoms with Gasteiger partial charge in [-0.05, 0) is 81.3 Å². The van der Waals surface area contributed by atoms with Crippen LogP contribution in [0.4, 0.5) is 10.1 Å². The Labute approximate surface area is 288 Å². The van der Waals surface area contributed by atoms with E-state index in [1.165, 1.54) is 31.1 Å². The van der Waals surface area contributed by atoms with Crippen LogP contribution in [0.15, 0.2) is 48.5 Å². The number of nitrogens with one attached hydrogen (secondary N) is 1. The molecule has 4 rings (SSSR count). The maximum absolute atomic E-state index is 13.3. The van der Waals surface area contributed by atoms with Gasteiger partial charge in [0.15, 0.2) is 6.10 Å². The molecule has 0 spiro atoms. The largest absolute Gasteiger partial charge is 0.493 e. The molecule has 2 amide bonds. The predicted molar refractivity (Wildman–Crippen MR) is 187 cm³/mol. The van der Waals surface area contributed by atoms with Crippen molar-refractivity contribution in [3.05, 3.63) is 76.9 Å². The molecule has 1 fully saturated rings. The number of halogens is 1. The molecule has 2 heterocycles. The summed E-state index contributed by atoms with van der Waals surface area (Å²) in [6.07, 6.45) is 1.05. The van der Waals surface area contributed by atoms with Gasteiger partial charge in [0.1, 0.15) is 11.6 Å². The van der Waals surface area contributed by atoms with Crippen LogP contribution >= 0.6 is 0 Å². The topological polar surface area (TPSA) is 121 Å². The number of aliphatic carboxylic acids is 1. The van der Waals surface area contributed by atoms with Gasteiger partial charge in [-0.25, -0.2) is 9.18 Å². The number of carbonyl (C=O) groups excluding carboxylic acids is 2. The highest BCUT2D eigenvalue weighted by atomic mass is 19.1. The maximum Gasteiger partial charge on any atom is 0.337 e. The summed E-state index contributed by atoms with van der Waals surface area (Å²) in [6, 6.07) is 13.7. The molecule has 0 aliphatic carbocycles. The first kappa shape index (κ1) is 37.3. The monoisotopic (exact) mass is 676 g/mol. The Hall–Kier alpha value is -4.51. The molecular formula is C38H49FN4O6.